The second-order valence-corrected chi connectivity index (χ2v) is 11.0. The van der Waals surface area contributed by atoms with Gasteiger partial charge in [0.25, 0.3) is 5.91 Å². The number of sulfonamides is 1. The molecule has 192 valence electrons. The minimum atomic E-state index is -3.66. The van der Waals surface area contributed by atoms with Crippen molar-refractivity contribution in [1.82, 2.24) is 24.4 Å². The van der Waals surface area contributed by atoms with Crippen LogP contribution in [0.2, 0.25) is 0 Å². The number of nitrogens with one attached hydrogen (secondary N) is 1. The third-order valence-electron chi connectivity index (χ3n) is 6.22. The first-order valence-electron chi connectivity index (χ1n) is 12.0. The summed E-state index contributed by atoms with van der Waals surface area (Å²) in [6.07, 6.45) is 1.78. The first-order chi connectivity index (χ1) is 17.1. The average Bonchev–Trinajstić information content (AvgIpc) is 3.54. The lowest BCUT2D eigenvalue weighted by Crippen LogP contribution is -2.30. The predicted molar refractivity (Wildman–Crippen MR) is 135 cm³/mol. The first kappa shape index (κ1) is 25.6. The number of amides is 1. The molecule has 0 bridgehead atoms. The largest absolute Gasteiger partial charge is 0.508 e. The molecule has 0 radical (unpaired) electrons. The lowest BCUT2D eigenvalue weighted by Gasteiger charge is -2.19. The van der Waals surface area contributed by atoms with Crippen LogP contribution in [0.1, 0.15) is 62.6 Å². The summed E-state index contributed by atoms with van der Waals surface area (Å²) in [6.45, 7) is 8.06. The number of benzene rings is 2. The molecule has 0 spiro atoms. The van der Waals surface area contributed by atoms with E-state index in [1.165, 1.54) is 27.1 Å². The summed E-state index contributed by atoms with van der Waals surface area (Å²) < 4.78 is 28.7. The maximum Gasteiger partial charge on any atom is 0.289 e. The van der Waals surface area contributed by atoms with Gasteiger partial charge in [0.2, 0.25) is 15.8 Å². The van der Waals surface area contributed by atoms with Crippen molar-refractivity contribution in [2.75, 3.05) is 13.1 Å². The maximum absolute atomic E-state index is 13.0. The Morgan fingerprint density at radius 3 is 2.28 bits per heavy atom. The Morgan fingerprint density at radius 1 is 1.08 bits per heavy atom. The van der Waals surface area contributed by atoms with Crippen LogP contribution in [0.4, 0.5) is 0 Å². The fourth-order valence-corrected chi connectivity index (χ4v) is 5.50. The minimum absolute atomic E-state index is 0.00909. The molecule has 0 saturated heterocycles. The molecule has 11 heteroatoms. The predicted octanol–water partition coefficient (Wildman–Crippen LogP) is 3.39. The molecule has 1 heterocycles. The average molecular weight is 514 g/mol. The van der Waals surface area contributed by atoms with Crippen LogP contribution in [0.25, 0.3) is 17.1 Å². The van der Waals surface area contributed by atoms with E-state index in [-0.39, 0.29) is 45.6 Å². The SMILES string of the molecule is CCN(CC)S(=O)(=O)c1ccc(-n2c(C(=O)NC3CC3)nnc2-c2cc(C(C)C)c(O)cc2O)cc1. The van der Waals surface area contributed by atoms with Crippen molar-refractivity contribution in [2.45, 2.75) is 57.4 Å². The van der Waals surface area contributed by atoms with Gasteiger partial charge < -0.3 is 15.5 Å². The quantitative estimate of drug-likeness (QED) is 0.399. The standard InChI is InChI=1S/C25H31N5O5S/c1-5-29(6-2)36(34,35)18-11-9-17(10-12-18)30-23(27-28-24(30)25(33)26-16-7-8-16)20-13-19(15(3)4)21(31)14-22(20)32/h9-16,31-32H,5-8H2,1-4H3,(H,26,33). The highest BCUT2D eigenvalue weighted by atomic mass is 32.2. The first-order valence-corrected chi connectivity index (χ1v) is 13.5. The highest BCUT2D eigenvalue weighted by Gasteiger charge is 2.29. The highest BCUT2D eigenvalue weighted by molar-refractivity contribution is 7.89. The van der Waals surface area contributed by atoms with Crippen LogP contribution in [0.15, 0.2) is 41.3 Å². The van der Waals surface area contributed by atoms with Gasteiger partial charge in [-0.3, -0.25) is 9.36 Å². The van der Waals surface area contributed by atoms with Crippen molar-refractivity contribution >= 4 is 15.9 Å². The van der Waals surface area contributed by atoms with Crippen LogP contribution < -0.4 is 5.32 Å². The molecule has 0 atom stereocenters. The van der Waals surface area contributed by atoms with Crippen molar-refractivity contribution in [1.29, 1.82) is 0 Å². The zero-order chi connectivity index (χ0) is 26.2. The van der Waals surface area contributed by atoms with E-state index in [0.29, 0.717) is 24.3 Å². The lowest BCUT2D eigenvalue weighted by atomic mass is 9.98. The summed E-state index contributed by atoms with van der Waals surface area (Å²) in [7, 11) is -3.66. The third kappa shape index (κ3) is 4.80. The molecule has 1 aliphatic carbocycles. The number of aromatic nitrogens is 3. The molecule has 4 rings (SSSR count). The van der Waals surface area contributed by atoms with E-state index in [9.17, 15) is 23.4 Å². The van der Waals surface area contributed by atoms with E-state index in [2.05, 4.69) is 15.5 Å². The van der Waals surface area contributed by atoms with Crippen LogP contribution >= 0.6 is 0 Å². The van der Waals surface area contributed by atoms with Crippen molar-refractivity contribution in [3.05, 3.63) is 47.8 Å². The number of hydrogen-bond donors (Lipinski definition) is 3. The number of aromatic hydroxyl groups is 2. The second-order valence-electron chi connectivity index (χ2n) is 9.10. The maximum atomic E-state index is 13.0. The minimum Gasteiger partial charge on any atom is -0.508 e. The van der Waals surface area contributed by atoms with Gasteiger partial charge in [-0.15, -0.1) is 10.2 Å². The monoisotopic (exact) mass is 513 g/mol. The fraction of sp³-hybridized carbons (Fsp3) is 0.400. The summed E-state index contributed by atoms with van der Waals surface area (Å²) in [5.74, 6) is -0.527. The Kier molecular flexibility index (Phi) is 7.05. The van der Waals surface area contributed by atoms with Gasteiger partial charge in [0.05, 0.1) is 10.5 Å². The fourth-order valence-electron chi connectivity index (χ4n) is 4.04. The Hall–Kier alpha value is -3.44. The lowest BCUT2D eigenvalue weighted by molar-refractivity contribution is 0.0938. The van der Waals surface area contributed by atoms with Gasteiger partial charge in [-0.05, 0) is 54.7 Å². The molecule has 1 aliphatic rings. The van der Waals surface area contributed by atoms with Crippen molar-refractivity contribution in [3.63, 3.8) is 0 Å². The van der Waals surface area contributed by atoms with Gasteiger partial charge in [0.15, 0.2) is 5.82 Å². The van der Waals surface area contributed by atoms with Crippen molar-refractivity contribution in [3.8, 4) is 28.6 Å². The van der Waals surface area contributed by atoms with E-state index in [4.69, 9.17) is 0 Å². The normalized spacial score (nSPS) is 13.9. The van der Waals surface area contributed by atoms with Crippen LogP contribution in [0, 0.1) is 0 Å². The molecule has 36 heavy (non-hydrogen) atoms. The summed E-state index contributed by atoms with van der Waals surface area (Å²) in [4.78, 5) is 13.1. The van der Waals surface area contributed by atoms with Gasteiger partial charge in [-0.25, -0.2) is 8.42 Å². The van der Waals surface area contributed by atoms with E-state index >= 15 is 0 Å². The van der Waals surface area contributed by atoms with Crippen LogP contribution in [0.3, 0.4) is 0 Å². The van der Waals surface area contributed by atoms with Crippen molar-refractivity contribution < 1.29 is 23.4 Å². The van der Waals surface area contributed by atoms with E-state index < -0.39 is 15.9 Å². The van der Waals surface area contributed by atoms with Crippen LogP contribution in [-0.4, -0.2) is 62.7 Å². The van der Waals surface area contributed by atoms with Crippen LogP contribution in [0.5, 0.6) is 11.5 Å². The molecular weight excluding hydrogens is 482 g/mol. The number of carbonyl (C=O) groups is 1. The van der Waals surface area contributed by atoms with E-state index in [1.54, 1.807) is 32.0 Å². The Labute approximate surface area is 210 Å². The van der Waals surface area contributed by atoms with Gasteiger partial charge >= 0.3 is 0 Å². The Bertz CT molecular complexity index is 1370. The van der Waals surface area contributed by atoms with Gasteiger partial charge in [0, 0.05) is 30.9 Å². The summed E-state index contributed by atoms with van der Waals surface area (Å²) in [5, 5.41) is 32.2. The van der Waals surface area contributed by atoms with Crippen LogP contribution in [-0.2, 0) is 10.0 Å². The second kappa shape index (κ2) is 9.90. The third-order valence-corrected chi connectivity index (χ3v) is 8.29. The number of phenols is 2. The Morgan fingerprint density at radius 2 is 1.72 bits per heavy atom. The van der Waals surface area contributed by atoms with E-state index in [0.717, 1.165) is 12.8 Å². The molecule has 10 nitrogen and oxygen atoms in total. The molecule has 3 aromatic rings. The molecule has 0 aliphatic heterocycles. The topological polar surface area (TPSA) is 138 Å². The molecule has 3 N–H and O–H groups in total. The number of hydrogen-bond acceptors (Lipinski definition) is 7. The summed E-state index contributed by atoms with van der Waals surface area (Å²) in [6, 6.07) is 9.07. The molecule has 1 fully saturated rings. The van der Waals surface area contributed by atoms with E-state index in [1.807, 2.05) is 13.8 Å². The summed E-state index contributed by atoms with van der Waals surface area (Å²) in [5.41, 5.74) is 1.34. The number of nitrogens with zero attached hydrogens (tertiary/aromatic N) is 4. The van der Waals surface area contributed by atoms with Gasteiger partial charge in [-0.1, -0.05) is 27.7 Å². The molecule has 0 unspecified atom stereocenters. The molecule has 1 amide bonds. The highest BCUT2D eigenvalue weighted by Crippen LogP contribution is 2.38. The Balaban J connectivity index is 1.85. The van der Waals surface area contributed by atoms with Crippen molar-refractivity contribution in [2.24, 2.45) is 0 Å². The number of rotatable bonds is 9. The smallest absolute Gasteiger partial charge is 0.289 e. The molecule has 1 aromatic heterocycles. The van der Waals surface area contributed by atoms with Gasteiger partial charge in [-0.2, -0.15) is 4.31 Å². The van der Waals surface area contributed by atoms with Gasteiger partial charge in [0.1, 0.15) is 11.5 Å². The zero-order valence-electron chi connectivity index (χ0n) is 20.8. The summed E-state index contributed by atoms with van der Waals surface area (Å²) >= 11 is 0. The number of phenolic OH excluding ortho intramolecular Hbond substituents is 2. The molecule has 2 aromatic carbocycles. The zero-order valence-corrected chi connectivity index (χ0v) is 21.6. The molecular formula is C25H31N5O5S. The molecule has 1 saturated carbocycles. The number of carbonyl (C=O) groups excluding carboxylic acids is 1.